The summed E-state index contributed by atoms with van der Waals surface area (Å²) >= 11 is 1.54. The van der Waals surface area contributed by atoms with E-state index in [9.17, 15) is 14.4 Å². The third-order valence-electron chi connectivity index (χ3n) is 5.12. The van der Waals surface area contributed by atoms with E-state index in [1.54, 1.807) is 34.4 Å². The van der Waals surface area contributed by atoms with Crippen molar-refractivity contribution in [2.75, 3.05) is 37.6 Å². The Hall–Kier alpha value is -2.81. The van der Waals surface area contributed by atoms with Gasteiger partial charge in [0.15, 0.2) is 0 Å². The molecule has 2 aliphatic rings. The van der Waals surface area contributed by atoms with E-state index in [4.69, 9.17) is 0 Å². The Balaban J connectivity index is 1.47. The second-order valence-electron chi connectivity index (χ2n) is 7.76. The first-order valence-electron chi connectivity index (χ1n) is 9.69. The molecule has 9 heteroatoms. The fourth-order valence-corrected chi connectivity index (χ4v) is 4.39. The number of aromatic nitrogens is 2. The first-order chi connectivity index (χ1) is 13.8. The van der Waals surface area contributed by atoms with E-state index in [1.807, 2.05) is 20.8 Å². The largest absolute Gasteiger partial charge is 0.343 e. The van der Waals surface area contributed by atoms with Crippen LogP contribution in [0, 0.1) is 12.8 Å². The van der Waals surface area contributed by atoms with Crippen LogP contribution in [0.15, 0.2) is 18.2 Å². The number of imide groups is 1. The van der Waals surface area contributed by atoms with Crippen molar-refractivity contribution in [3.8, 4) is 0 Å². The van der Waals surface area contributed by atoms with Gasteiger partial charge in [0, 0.05) is 38.3 Å². The van der Waals surface area contributed by atoms with Crippen molar-refractivity contribution in [2.45, 2.75) is 20.8 Å². The molecule has 0 saturated carbocycles. The van der Waals surface area contributed by atoms with Gasteiger partial charge in [-0.05, 0) is 31.0 Å². The Morgan fingerprint density at radius 3 is 2.38 bits per heavy atom. The average Bonchev–Trinajstić information content (AvgIpc) is 3.24. The van der Waals surface area contributed by atoms with Gasteiger partial charge in [-0.15, -0.1) is 10.2 Å². The summed E-state index contributed by atoms with van der Waals surface area (Å²) in [5, 5.41) is 10.0. The molecule has 0 aliphatic carbocycles. The number of fused-ring (bicyclic) bond motifs is 1. The van der Waals surface area contributed by atoms with Crippen LogP contribution in [0.1, 0.15) is 49.9 Å². The number of aryl methyl sites for hydroxylation is 1. The van der Waals surface area contributed by atoms with Crippen molar-refractivity contribution in [3.63, 3.8) is 0 Å². The van der Waals surface area contributed by atoms with Gasteiger partial charge in [-0.25, -0.2) is 0 Å². The molecule has 2 aromatic rings. The van der Waals surface area contributed by atoms with Crippen molar-refractivity contribution in [1.29, 1.82) is 0 Å². The minimum Gasteiger partial charge on any atom is -0.343 e. The van der Waals surface area contributed by atoms with Gasteiger partial charge in [-0.2, -0.15) is 0 Å². The van der Waals surface area contributed by atoms with Crippen molar-refractivity contribution in [2.24, 2.45) is 5.92 Å². The summed E-state index contributed by atoms with van der Waals surface area (Å²) in [6.45, 7) is 8.73. The molecule has 0 atom stereocenters. The molecule has 29 heavy (non-hydrogen) atoms. The predicted molar refractivity (Wildman–Crippen MR) is 109 cm³/mol. The standard InChI is InChI=1S/C20H23N5O3S/c1-12(2)11-25-18(27)15-5-4-14(10-16(15)19(25)28)17(26)23-6-8-24(9-7-23)20-22-21-13(3)29-20/h4-5,10,12H,6-9,11H2,1-3H3. The van der Waals surface area contributed by atoms with Gasteiger partial charge in [0.05, 0.1) is 11.1 Å². The van der Waals surface area contributed by atoms with Gasteiger partial charge in [0.25, 0.3) is 17.7 Å². The fraction of sp³-hybridized carbons (Fsp3) is 0.450. The fourth-order valence-electron chi connectivity index (χ4n) is 3.65. The molecule has 4 rings (SSSR count). The molecule has 3 amide bonds. The summed E-state index contributed by atoms with van der Waals surface area (Å²) in [6, 6.07) is 4.81. The molecule has 0 unspecified atom stereocenters. The second kappa shape index (κ2) is 7.55. The summed E-state index contributed by atoms with van der Waals surface area (Å²) < 4.78 is 0. The van der Waals surface area contributed by atoms with Crippen LogP contribution in [0.4, 0.5) is 5.13 Å². The van der Waals surface area contributed by atoms with E-state index >= 15 is 0 Å². The Kier molecular flexibility index (Phi) is 5.08. The molecule has 1 aromatic heterocycles. The quantitative estimate of drug-likeness (QED) is 0.713. The van der Waals surface area contributed by atoms with Crippen molar-refractivity contribution in [3.05, 3.63) is 39.9 Å². The molecule has 1 saturated heterocycles. The number of carbonyl (C=O) groups is 3. The highest BCUT2D eigenvalue weighted by atomic mass is 32.1. The van der Waals surface area contributed by atoms with Crippen LogP contribution in [0.25, 0.3) is 0 Å². The molecule has 152 valence electrons. The highest BCUT2D eigenvalue weighted by molar-refractivity contribution is 7.15. The van der Waals surface area contributed by atoms with E-state index in [-0.39, 0.29) is 23.6 Å². The van der Waals surface area contributed by atoms with Gasteiger partial charge in [0.1, 0.15) is 5.01 Å². The lowest BCUT2D eigenvalue weighted by Crippen LogP contribution is -2.48. The maximum atomic E-state index is 13.0. The molecule has 1 aromatic carbocycles. The lowest BCUT2D eigenvalue weighted by molar-refractivity contribution is 0.0635. The van der Waals surface area contributed by atoms with Gasteiger partial charge in [-0.3, -0.25) is 19.3 Å². The molecule has 0 bridgehead atoms. The molecule has 8 nitrogen and oxygen atoms in total. The lowest BCUT2D eigenvalue weighted by Gasteiger charge is -2.34. The predicted octanol–water partition coefficient (Wildman–Crippen LogP) is 2.06. The van der Waals surface area contributed by atoms with Gasteiger partial charge in [-0.1, -0.05) is 25.2 Å². The van der Waals surface area contributed by atoms with Crippen molar-refractivity contribution < 1.29 is 14.4 Å². The SMILES string of the molecule is Cc1nnc(N2CCN(C(=O)c3ccc4c(c3)C(=O)N(CC(C)C)C4=O)CC2)s1. The molecular weight excluding hydrogens is 390 g/mol. The number of nitrogens with zero attached hydrogens (tertiary/aromatic N) is 5. The third kappa shape index (κ3) is 3.62. The minimum atomic E-state index is -0.315. The number of hydrogen-bond donors (Lipinski definition) is 0. The first-order valence-corrected chi connectivity index (χ1v) is 10.5. The molecule has 0 spiro atoms. The number of anilines is 1. The van der Waals surface area contributed by atoms with E-state index in [1.165, 1.54) is 4.90 Å². The summed E-state index contributed by atoms with van der Waals surface area (Å²) in [7, 11) is 0. The highest BCUT2D eigenvalue weighted by Gasteiger charge is 2.36. The maximum Gasteiger partial charge on any atom is 0.261 e. The minimum absolute atomic E-state index is 0.122. The van der Waals surface area contributed by atoms with Crippen LogP contribution in [-0.4, -0.2) is 70.4 Å². The van der Waals surface area contributed by atoms with Crippen LogP contribution in [0.2, 0.25) is 0 Å². The first kappa shape index (κ1) is 19.5. The van der Waals surface area contributed by atoms with Crippen molar-refractivity contribution >= 4 is 34.2 Å². The zero-order valence-electron chi connectivity index (χ0n) is 16.7. The second-order valence-corrected chi connectivity index (χ2v) is 8.92. The van der Waals surface area contributed by atoms with Crippen LogP contribution in [0.5, 0.6) is 0 Å². The van der Waals surface area contributed by atoms with Crippen molar-refractivity contribution in [1.82, 2.24) is 20.0 Å². The molecular formula is C20H23N5O3S. The third-order valence-corrected chi connectivity index (χ3v) is 6.02. The van der Waals surface area contributed by atoms with Gasteiger partial charge >= 0.3 is 0 Å². The summed E-state index contributed by atoms with van der Waals surface area (Å²) in [4.78, 5) is 43.3. The monoisotopic (exact) mass is 413 g/mol. The molecule has 0 N–H and O–H groups in total. The van der Waals surface area contributed by atoms with Gasteiger partial charge < -0.3 is 9.80 Å². The number of rotatable bonds is 4. The number of carbonyl (C=O) groups excluding carboxylic acids is 3. The molecule has 2 aliphatic heterocycles. The van der Waals surface area contributed by atoms with E-state index < -0.39 is 0 Å². The summed E-state index contributed by atoms with van der Waals surface area (Å²) in [5.41, 5.74) is 1.14. The average molecular weight is 414 g/mol. The summed E-state index contributed by atoms with van der Waals surface area (Å²) in [6.07, 6.45) is 0. The van der Waals surface area contributed by atoms with Gasteiger partial charge in [0.2, 0.25) is 5.13 Å². The Morgan fingerprint density at radius 2 is 1.76 bits per heavy atom. The van der Waals surface area contributed by atoms with E-state index in [0.717, 1.165) is 10.1 Å². The number of piperazine rings is 1. The highest BCUT2D eigenvalue weighted by Crippen LogP contribution is 2.26. The van der Waals surface area contributed by atoms with Crippen LogP contribution >= 0.6 is 11.3 Å². The number of hydrogen-bond acceptors (Lipinski definition) is 7. The maximum absolute atomic E-state index is 13.0. The Labute approximate surface area is 173 Å². The zero-order chi connectivity index (χ0) is 20.7. The van der Waals surface area contributed by atoms with Crippen LogP contribution < -0.4 is 4.90 Å². The van der Waals surface area contributed by atoms with E-state index in [0.29, 0.717) is 49.4 Å². The van der Waals surface area contributed by atoms with Crippen LogP contribution in [-0.2, 0) is 0 Å². The molecule has 0 radical (unpaired) electrons. The molecule has 3 heterocycles. The Bertz CT molecular complexity index is 978. The number of amides is 3. The zero-order valence-corrected chi connectivity index (χ0v) is 17.5. The van der Waals surface area contributed by atoms with E-state index in [2.05, 4.69) is 15.1 Å². The lowest BCUT2D eigenvalue weighted by atomic mass is 10.0. The van der Waals surface area contributed by atoms with Crippen LogP contribution in [0.3, 0.4) is 0 Å². The molecule has 1 fully saturated rings. The Morgan fingerprint density at radius 1 is 1.07 bits per heavy atom. The number of benzene rings is 1. The topological polar surface area (TPSA) is 86.7 Å². The normalized spacial score (nSPS) is 16.8. The smallest absolute Gasteiger partial charge is 0.261 e. The summed E-state index contributed by atoms with van der Waals surface area (Å²) in [5.74, 6) is -0.529.